The van der Waals surface area contributed by atoms with Crippen LogP contribution >= 0.6 is 0 Å². The number of nitrogens with zero attached hydrogens (tertiary/aromatic N) is 7. The standard InChI is InChI=1S/C26H29N9O2/c1-37-25-7-2-18(15-27-25)23-6-4-20-16-28-26(32-35(20)23)29-19-3-5-21-22(14-19)31-24(30-21)17-34-10-8-33(9-11-34)12-13-36/h2-7,14-16,36H,8-13,17H2,1H3,(H,29,32)(H,30,31). The molecule has 0 spiro atoms. The molecule has 0 atom stereocenters. The summed E-state index contributed by atoms with van der Waals surface area (Å²) in [7, 11) is 1.60. The van der Waals surface area contributed by atoms with Crippen LogP contribution in [0, 0.1) is 0 Å². The van der Waals surface area contributed by atoms with E-state index in [-0.39, 0.29) is 6.61 Å². The van der Waals surface area contributed by atoms with Gasteiger partial charge in [0.05, 0.1) is 48.7 Å². The summed E-state index contributed by atoms with van der Waals surface area (Å²) in [5.41, 5.74) is 5.51. The van der Waals surface area contributed by atoms with Crippen LogP contribution in [0.25, 0.3) is 27.8 Å². The van der Waals surface area contributed by atoms with E-state index in [1.807, 2.05) is 47.0 Å². The Kier molecular flexibility index (Phi) is 6.39. The fraction of sp³-hybridized carbons (Fsp3) is 0.308. The van der Waals surface area contributed by atoms with Crippen LogP contribution in [-0.4, -0.2) is 90.9 Å². The number of H-pyrrole nitrogens is 1. The quantitative estimate of drug-likeness (QED) is 0.296. The van der Waals surface area contributed by atoms with E-state index in [9.17, 15) is 0 Å². The van der Waals surface area contributed by atoms with Crippen molar-refractivity contribution < 1.29 is 9.84 Å². The molecule has 5 heterocycles. The average molecular weight is 500 g/mol. The summed E-state index contributed by atoms with van der Waals surface area (Å²) >= 11 is 0. The minimum atomic E-state index is 0.214. The molecule has 0 bridgehead atoms. The van der Waals surface area contributed by atoms with Crippen molar-refractivity contribution in [1.29, 1.82) is 0 Å². The van der Waals surface area contributed by atoms with Crippen LogP contribution in [0.15, 0.2) is 54.9 Å². The number of ether oxygens (including phenoxy) is 1. The zero-order chi connectivity index (χ0) is 25.2. The fourth-order valence-corrected chi connectivity index (χ4v) is 4.70. The molecule has 37 heavy (non-hydrogen) atoms. The van der Waals surface area contributed by atoms with Crippen molar-refractivity contribution in [2.75, 3.05) is 51.8 Å². The van der Waals surface area contributed by atoms with Crippen molar-refractivity contribution in [1.82, 2.24) is 39.3 Å². The van der Waals surface area contributed by atoms with E-state index in [0.717, 1.165) is 78.6 Å². The summed E-state index contributed by atoms with van der Waals surface area (Å²) in [6.45, 7) is 5.62. The van der Waals surface area contributed by atoms with E-state index in [1.165, 1.54) is 0 Å². The molecule has 0 saturated carbocycles. The highest BCUT2D eigenvalue weighted by Crippen LogP contribution is 2.24. The first-order valence-corrected chi connectivity index (χ1v) is 12.3. The number of β-amino-alcohol motifs (C(OH)–C–C–N with tert-alkyl or cyclic N) is 1. The third-order valence-corrected chi connectivity index (χ3v) is 6.68. The van der Waals surface area contributed by atoms with Gasteiger partial charge in [-0.05, 0) is 36.4 Å². The van der Waals surface area contributed by atoms with Crippen LogP contribution in [-0.2, 0) is 6.54 Å². The van der Waals surface area contributed by atoms with Gasteiger partial charge in [-0.3, -0.25) is 9.80 Å². The van der Waals surface area contributed by atoms with Crippen LogP contribution in [0.3, 0.4) is 0 Å². The van der Waals surface area contributed by atoms with Gasteiger partial charge in [0.25, 0.3) is 0 Å². The number of aliphatic hydroxyl groups excluding tert-OH is 1. The summed E-state index contributed by atoms with van der Waals surface area (Å²) in [5, 5.41) is 17.2. The number of fused-ring (bicyclic) bond motifs is 2. The predicted octanol–water partition coefficient (Wildman–Crippen LogP) is 2.53. The second-order valence-electron chi connectivity index (χ2n) is 9.11. The molecule has 3 N–H and O–H groups in total. The number of imidazole rings is 1. The van der Waals surface area contributed by atoms with E-state index in [1.54, 1.807) is 19.5 Å². The number of rotatable bonds is 8. The number of nitrogens with one attached hydrogen (secondary N) is 2. The maximum atomic E-state index is 9.14. The lowest BCUT2D eigenvalue weighted by Gasteiger charge is -2.33. The van der Waals surface area contributed by atoms with Crippen LogP contribution < -0.4 is 10.1 Å². The van der Waals surface area contributed by atoms with E-state index < -0.39 is 0 Å². The molecule has 1 fully saturated rings. The van der Waals surface area contributed by atoms with Gasteiger partial charge in [0.2, 0.25) is 11.8 Å². The van der Waals surface area contributed by atoms with Gasteiger partial charge in [0, 0.05) is 56.2 Å². The highest BCUT2D eigenvalue weighted by atomic mass is 16.5. The van der Waals surface area contributed by atoms with Crippen LogP contribution in [0.2, 0.25) is 0 Å². The number of aromatic nitrogens is 6. The minimum absolute atomic E-state index is 0.214. The SMILES string of the molecule is COc1ccc(-c2ccc3cnc(Nc4ccc5nc(CN6CCN(CCO)CC6)[nH]c5c4)nn23)cn1. The summed E-state index contributed by atoms with van der Waals surface area (Å²) in [4.78, 5) is 21.7. The molecule has 1 aliphatic rings. The molecule has 0 unspecified atom stereocenters. The summed E-state index contributed by atoms with van der Waals surface area (Å²) in [6.07, 6.45) is 3.57. The second-order valence-corrected chi connectivity index (χ2v) is 9.11. The Bertz CT molecular complexity index is 1500. The van der Waals surface area contributed by atoms with Crippen molar-refractivity contribution in [3.05, 3.63) is 60.7 Å². The van der Waals surface area contributed by atoms with Crippen LogP contribution in [0.4, 0.5) is 11.6 Å². The molecule has 6 rings (SSSR count). The smallest absolute Gasteiger partial charge is 0.245 e. The van der Waals surface area contributed by atoms with E-state index in [4.69, 9.17) is 19.9 Å². The van der Waals surface area contributed by atoms with Crippen LogP contribution in [0.1, 0.15) is 5.82 Å². The Labute approximate surface area is 213 Å². The first-order chi connectivity index (χ1) is 18.2. The molecule has 0 aliphatic carbocycles. The third-order valence-electron chi connectivity index (χ3n) is 6.68. The number of hydrogen-bond donors (Lipinski definition) is 3. The lowest BCUT2D eigenvalue weighted by molar-refractivity contribution is 0.107. The molecule has 11 nitrogen and oxygen atoms in total. The Balaban J connectivity index is 1.18. The maximum Gasteiger partial charge on any atom is 0.245 e. The first kappa shape index (κ1) is 23.3. The molecule has 4 aromatic heterocycles. The summed E-state index contributed by atoms with van der Waals surface area (Å²) < 4.78 is 7.02. The lowest BCUT2D eigenvalue weighted by atomic mass is 10.2. The molecule has 190 valence electrons. The van der Waals surface area contributed by atoms with Crippen molar-refractivity contribution >= 4 is 28.2 Å². The van der Waals surface area contributed by atoms with Crippen molar-refractivity contribution in [2.24, 2.45) is 0 Å². The van der Waals surface area contributed by atoms with E-state index in [0.29, 0.717) is 11.8 Å². The first-order valence-electron chi connectivity index (χ1n) is 12.3. The topological polar surface area (TPSA) is 120 Å². The number of aromatic amines is 1. The van der Waals surface area contributed by atoms with Gasteiger partial charge in [-0.15, -0.1) is 5.10 Å². The number of hydrogen-bond acceptors (Lipinski definition) is 9. The molecular formula is C26H29N9O2. The normalized spacial score (nSPS) is 15.0. The number of benzene rings is 1. The zero-order valence-corrected chi connectivity index (χ0v) is 20.6. The summed E-state index contributed by atoms with van der Waals surface area (Å²) in [5.74, 6) is 2.01. The van der Waals surface area contributed by atoms with Gasteiger partial charge >= 0.3 is 0 Å². The molecular weight excluding hydrogens is 470 g/mol. The summed E-state index contributed by atoms with van der Waals surface area (Å²) in [6, 6.07) is 13.8. The molecule has 5 aromatic rings. The number of aliphatic hydroxyl groups is 1. The van der Waals surface area contributed by atoms with Crippen molar-refractivity contribution in [3.63, 3.8) is 0 Å². The minimum Gasteiger partial charge on any atom is -0.481 e. The van der Waals surface area contributed by atoms with E-state index in [2.05, 4.69) is 30.1 Å². The molecule has 1 aliphatic heterocycles. The van der Waals surface area contributed by atoms with Gasteiger partial charge in [-0.25, -0.2) is 19.5 Å². The fourth-order valence-electron chi connectivity index (χ4n) is 4.70. The Hall–Kier alpha value is -4.06. The van der Waals surface area contributed by atoms with Gasteiger partial charge < -0.3 is 20.1 Å². The molecule has 0 amide bonds. The number of methoxy groups -OCH3 is 1. The molecule has 1 aromatic carbocycles. The van der Waals surface area contributed by atoms with Gasteiger partial charge in [0.15, 0.2) is 0 Å². The number of piperazine rings is 1. The Morgan fingerprint density at radius 2 is 1.86 bits per heavy atom. The zero-order valence-electron chi connectivity index (χ0n) is 20.6. The van der Waals surface area contributed by atoms with Gasteiger partial charge in [-0.2, -0.15) is 0 Å². The Morgan fingerprint density at radius 3 is 2.65 bits per heavy atom. The molecule has 0 radical (unpaired) electrons. The van der Waals surface area contributed by atoms with E-state index >= 15 is 0 Å². The lowest BCUT2D eigenvalue weighted by Crippen LogP contribution is -2.46. The average Bonchev–Trinajstić information content (AvgIpc) is 3.53. The molecule has 1 saturated heterocycles. The third kappa shape index (κ3) is 4.96. The predicted molar refractivity (Wildman–Crippen MR) is 141 cm³/mol. The van der Waals surface area contributed by atoms with Crippen molar-refractivity contribution in [2.45, 2.75) is 6.54 Å². The van der Waals surface area contributed by atoms with Gasteiger partial charge in [0.1, 0.15) is 5.82 Å². The Morgan fingerprint density at radius 1 is 1.00 bits per heavy atom. The molecule has 11 heteroatoms. The van der Waals surface area contributed by atoms with Gasteiger partial charge in [-0.1, -0.05) is 0 Å². The monoisotopic (exact) mass is 499 g/mol. The number of anilines is 2. The van der Waals surface area contributed by atoms with Crippen molar-refractivity contribution in [3.8, 4) is 17.1 Å². The maximum absolute atomic E-state index is 9.14. The second kappa shape index (κ2) is 10.1. The van der Waals surface area contributed by atoms with Crippen LogP contribution in [0.5, 0.6) is 5.88 Å². The number of pyridine rings is 1. The highest BCUT2D eigenvalue weighted by Gasteiger charge is 2.18. The highest BCUT2D eigenvalue weighted by molar-refractivity contribution is 5.80. The largest absolute Gasteiger partial charge is 0.481 e.